The molecule has 0 radical (unpaired) electrons. The number of methoxy groups -OCH3 is 3. The molecule has 0 saturated carbocycles. The van der Waals surface area contributed by atoms with Gasteiger partial charge in [0.2, 0.25) is 0 Å². The molecule has 0 bridgehead atoms. The first kappa shape index (κ1) is 18.5. The minimum Gasteiger partial charge on any atom is -0.497 e. The first-order valence-electron chi connectivity index (χ1n) is 6.93. The topological polar surface area (TPSA) is 83.1 Å². The van der Waals surface area contributed by atoms with E-state index in [0.717, 1.165) is 0 Å². The van der Waals surface area contributed by atoms with Crippen LogP contribution in [0.2, 0.25) is 0 Å². The summed E-state index contributed by atoms with van der Waals surface area (Å²) >= 11 is 0. The Bertz CT molecular complexity index is 556. The van der Waals surface area contributed by atoms with Crippen LogP contribution in [0.1, 0.15) is 5.56 Å². The van der Waals surface area contributed by atoms with Gasteiger partial charge in [0.1, 0.15) is 11.5 Å². The molecule has 23 heavy (non-hydrogen) atoms. The van der Waals surface area contributed by atoms with Crippen LogP contribution in [0, 0.1) is 0 Å². The zero-order chi connectivity index (χ0) is 17.1. The molecule has 0 aliphatic heterocycles. The summed E-state index contributed by atoms with van der Waals surface area (Å²) < 4.78 is 19.9. The van der Waals surface area contributed by atoms with Crippen LogP contribution < -0.4 is 14.8 Å². The van der Waals surface area contributed by atoms with E-state index in [1.165, 1.54) is 26.4 Å². The second kappa shape index (κ2) is 10.2. The average Bonchev–Trinajstić information content (AvgIpc) is 2.58. The number of amides is 1. The van der Waals surface area contributed by atoms with Crippen LogP contribution in [0.15, 0.2) is 24.3 Å². The molecule has 1 aromatic carbocycles. The highest BCUT2D eigenvalue weighted by molar-refractivity contribution is 5.89. The maximum Gasteiger partial charge on any atom is 0.331 e. The van der Waals surface area contributed by atoms with Gasteiger partial charge in [-0.1, -0.05) is 0 Å². The largest absolute Gasteiger partial charge is 0.497 e. The van der Waals surface area contributed by atoms with Crippen molar-refractivity contribution in [3.63, 3.8) is 0 Å². The number of hydrogen-bond acceptors (Lipinski definition) is 6. The van der Waals surface area contributed by atoms with Crippen molar-refractivity contribution in [1.82, 2.24) is 5.32 Å². The molecule has 0 aliphatic carbocycles. The third-order valence-electron chi connectivity index (χ3n) is 2.81. The molecule has 0 heterocycles. The zero-order valence-electron chi connectivity index (χ0n) is 13.5. The van der Waals surface area contributed by atoms with Crippen LogP contribution in [-0.4, -0.2) is 53.0 Å². The van der Waals surface area contributed by atoms with Gasteiger partial charge in [-0.3, -0.25) is 4.79 Å². The Morgan fingerprint density at radius 3 is 2.61 bits per heavy atom. The molecule has 1 aromatic rings. The highest BCUT2D eigenvalue weighted by Gasteiger charge is 2.06. The molecule has 0 unspecified atom stereocenters. The van der Waals surface area contributed by atoms with Gasteiger partial charge in [-0.05, 0) is 24.3 Å². The molecule has 126 valence electrons. The van der Waals surface area contributed by atoms with Crippen molar-refractivity contribution < 1.29 is 28.5 Å². The summed E-state index contributed by atoms with van der Waals surface area (Å²) in [7, 11) is 4.61. The number of ether oxygens (including phenoxy) is 4. The summed E-state index contributed by atoms with van der Waals surface area (Å²) in [5.41, 5.74) is 0.661. The molecule has 7 heteroatoms. The molecular formula is C16H21NO6. The van der Waals surface area contributed by atoms with Crippen molar-refractivity contribution in [2.45, 2.75) is 0 Å². The third-order valence-corrected chi connectivity index (χ3v) is 2.81. The number of hydrogen-bond donors (Lipinski definition) is 1. The number of benzene rings is 1. The van der Waals surface area contributed by atoms with Crippen LogP contribution in [0.25, 0.3) is 6.08 Å². The lowest BCUT2D eigenvalue weighted by molar-refractivity contribution is -0.143. The second-order valence-electron chi connectivity index (χ2n) is 4.39. The van der Waals surface area contributed by atoms with E-state index >= 15 is 0 Å². The van der Waals surface area contributed by atoms with Gasteiger partial charge in [0, 0.05) is 25.3 Å². The number of carbonyl (C=O) groups is 2. The fourth-order valence-electron chi connectivity index (χ4n) is 1.66. The summed E-state index contributed by atoms with van der Waals surface area (Å²) in [4.78, 5) is 23.0. The van der Waals surface area contributed by atoms with Gasteiger partial charge in [-0.25, -0.2) is 4.79 Å². The van der Waals surface area contributed by atoms with Gasteiger partial charge >= 0.3 is 5.97 Å². The van der Waals surface area contributed by atoms with E-state index in [9.17, 15) is 9.59 Å². The van der Waals surface area contributed by atoms with E-state index in [1.807, 2.05) is 0 Å². The average molecular weight is 323 g/mol. The van der Waals surface area contributed by atoms with Crippen molar-refractivity contribution in [2.75, 3.05) is 41.1 Å². The van der Waals surface area contributed by atoms with Crippen LogP contribution in [0.3, 0.4) is 0 Å². The van der Waals surface area contributed by atoms with E-state index in [2.05, 4.69) is 5.32 Å². The number of nitrogens with one attached hydrogen (secondary N) is 1. The minimum atomic E-state index is -0.628. The molecule has 0 atom stereocenters. The van der Waals surface area contributed by atoms with Gasteiger partial charge in [-0.15, -0.1) is 0 Å². The van der Waals surface area contributed by atoms with Crippen molar-refractivity contribution in [3.8, 4) is 11.5 Å². The van der Waals surface area contributed by atoms with E-state index in [0.29, 0.717) is 30.2 Å². The Balaban J connectivity index is 2.53. The lowest BCUT2D eigenvalue weighted by Crippen LogP contribution is -2.31. The van der Waals surface area contributed by atoms with E-state index in [-0.39, 0.29) is 12.5 Å². The fourth-order valence-corrected chi connectivity index (χ4v) is 1.66. The van der Waals surface area contributed by atoms with Gasteiger partial charge in [0.25, 0.3) is 5.91 Å². The van der Waals surface area contributed by atoms with Crippen molar-refractivity contribution >= 4 is 18.0 Å². The molecule has 0 aromatic heterocycles. The van der Waals surface area contributed by atoms with E-state index < -0.39 is 5.97 Å². The first-order valence-corrected chi connectivity index (χ1v) is 6.93. The Labute approximate surface area is 135 Å². The van der Waals surface area contributed by atoms with Crippen LogP contribution >= 0.6 is 0 Å². The van der Waals surface area contributed by atoms with E-state index in [1.54, 1.807) is 25.3 Å². The lowest BCUT2D eigenvalue weighted by atomic mass is 10.1. The second-order valence-corrected chi connectivity index (χ2v) is 4.39. The molecule has 0 aliphatic rings. The Morgan fingerprint density at radius 2 is 1.96 bits per heavy atom. The minimum absolute atomic E-state index is 0.345. The highest BCUT2D eigenvalue weighted by Crippen LogP contribution is 2.24. The first-order chi connectivity index (χ1) is 11.1. The standard InChI is InChI=1S/C16H21NO6/c1-20-9-8-17-15(18)11-23-16(19)7-4-12-10-13(21-2)5-6-14(12)22-3/h4-7,10H,8-9,11H2,1-3H3,(H,17,18)/b7-4+. The molecule has 1 N–H and O–H groups in total. The maximum atomic E-state index is 11.6. The van der Waals surface area contributed by atoms with Gasteiger partial charge in [0.15, 0.2) is 6.61 Å². The summed E-state index contributed by atoms with van der Waals surface area (Å²) in [6, 6.07) is 5.20. The predicted octanol–water partition coefficient (Wildman–Crippen LogP) is 1.02. The molecule has 0 fully saturated rings. The quantitative estimate of drug-likeness (QED) is 0.415. The molecule has 7 nitrogen and oxygen atoms in total. The summed E-state index contributed by atoms with van der Waals surface area (Å²) in [5, 5.41) is 2.54. The van der Waals surface area contributed by atoms with E-state index in [4.69, 9.17) is 18.9 Å². The smallest absolute Gasteiger partial charge is 0.331 e. The van der Waals surface area contributed by atoms with Gasteiger partial charge in [-0.2, -0.15) is 0 Å². The summed E-state index contributed by atoms with van der Waals surface area (Å²) in [6.45, 7) is 0.418. The Hall–Kier alpha value is -2.54. The highest BCUT2D eigenvalue weighted by atomic mass is 16.5. The molecule has 0 saturated heterocycles. The van der Waals surface area contributed by atoms with Gasteiger partial charge < -0.3 is 24.3 Å². The Kier molecular flexibility index (Phi) is 8.23. The van der Waals surface area contributed by atoms with Crippen molar-refractivity contribution in [1.29, 1.82) is 0 Å². The monoisotopic (exact) mass is 323 g/mol. The van der Waals surface area contributed by atoms with Crippen LogP contribution in [-0.2, 0) is 19.1 Å². The van der Waals surface area contributed by atoms with Crippen LogP contribution in [0.4, 0.5) is 0 Å². The molecule has 1 rings (SSSR count). The SMILES string of the molecule is COCCNC(=O)COC(=O)/C=C/c1cc(OC)ccc1OC. The maximum absolute atomic E-state index is 11.6. The zero-order valence-corrected chi connectivity index (χ0v) is 13.5. The lowest BCUT2D eigenvalue weighted by Gasteiger charge is -2.07. The molecule has 1 amide bonds. The number of rotatable bonds is 9. The van der Waals surface area contributed by atoms with Crippen LogP contribution in [0.5, 0.6) is 11.5 Å². The fraction of sp³-hybridized carbons (Fsp3) is 0.375. The third kappa shape index (κ3) is 6.84. The van der Waals surface area contributed by atoms with Gasteiger partial charge in [0.05, 0.1) is 20.8 Å². The summed E-state index contributed by atoms with van der Waals surface area (Å²) in [6.07, 6.45) is 2.76. The number of carbonyl (C=O) groups excluding carboxylic acids is 2. The predicted molar refractivity (Wildman–Crippen MR) is 84.4 cm³/mol. The van der Waals surface area contributed by atoms with Crippen molar-refractivity contribution in [3.05, 3.63) is 29.8 Å². The van der Waals surface area contributed by atoms with Crippen molar-refractivity contribution in [2.24, 2.45) is 0 Å². The Morgan fingerprint density at radius 1 is 1.17 bits per heavy atom. The normalized spacial score (nSPS) is 10.4. The molecule has 0 spiro atoms. The number of esters is 1. The summed E-state index contributed by atoms with van der Waals surface area (Å²) in [5.74, 6) is 0.211. The molecular weight excluding hydrogens is 302 g/mol.